The van der Waals surface area contributed by atoms with Crippen LogP contribution in [0.2, 0.25) is 0 Å². The molecule has 0 fully saturated rings. The van der Waals surface area contributed by atoms with Crippen molar-refractivity contribution in [2.75, 3.05) is 5.32 Å². The van der Waals surface area contributed by atoms with E-state index in [9.17, 15) is 4.79 Å². The standard InChI is InChI=1S/C18H16N2O2/c21-18(20-15-10-2-1-3-11-15)22-16-12-5-4-8-14-9-6-7-13-19-17(14)16/h1-5,7,9-13H,6,8H2,(H,20,21). The van der Waals surface area contributed by atoms with Crippen molar-refractivity contribution in [3.63, 3.8) is 0 Å². The molecule has 1 aliphatic heterocycles. The lowest BCUT2D eigenvalue weighted by Crippen LogP contribution is -2.18. The van der Waals surface area contributed by atoms with Crippen LogP contribution in [0.25, 0.3) is 0 Å². The fourth-order valence-electron chi connectivity index (χ4n) is 2.26. The summed E-state index contributed by atoms with van der Waals surface area (Å²) in [5.41, 5.74) is 2.47. The van der Waals surface area contributed by atoms with Crippen molar-refractivity contribution in [2.24, 2.45) is 4.99 Å². The average Bonchev–Trinajstić information content (AvgIpc) is 2.85. The predicted molar refractivity (Wildman–Crippen MR) is 87.7 cm³/mol. The molecule has 1 aromatic rings. The zero-order chi connectivity index (χ0) is 15.2. The molecule has 0 spiro atoms. The molecule has 110 valence electrons. The van der Waals surface area contributed by atoms with E-state index in [1.54, 1.807) is 24.4 Å². The molecule has 0 unspecified atom stereocenters. The number of carbonyl (C=O) groups is 1. The Balaban J connectivity index is 1.76. The van der Waals surface area contributed by atoms with E-state index in [4.69, 9.17) is 4.74 Å². The molecule has 1 N–H and O–H groups in total. The van der Waals surface area contributed by atoms with Crippen LogP contribution in [0, 0.1) is 0 Å². The van der Waals surface area contributed by atoms with Gasteiger partial charge in [-0.05, 0) is 36.6 Å². The number of hydrogen-bond acceptors (Lipinski definition) is 3. The Bertz CT molecular complexity index is 710. The summed E-state index contributed by atoms with van der Waals surface area (Å²) in [5.74, 6) is 0.458. The summed E-state index contributed by atoms with van der Waals surface area (Å²) in [7, 11) is 0. The van der Waals surface area contributed by atoms with Crippen LogP contribution in [-0.2, 0) is 4.74 Å². The van der Waals surface area contributed by atoms with Crippen molar-refractivity contribution in [2.45, 2.75) is 12.8 Å². The first-order valence-corrected chi connectivity index (χ1v) is 7.16. The molecule has 1 aliphatic carbocycles. The highest BCUT2D eigenvalue weighted by Crippen LogP contribution is 2.21. The van der Waals surface area contributed by atoms with E-state index in [1.165, 1.54) is 0 Å². The second kappa shape index (κ2) is 6.72. The van der Waals surface area contributed by atoms with Crippen molar-refractivity contribution in [1.29, 1.82) is 0 Å². The number of carbonyl (C=O) groups excluding carboxylic acids is 1. The summed E-state index contributed by atoms with van der Waals surface area (Å²) in [6, 6.07) is 9.20. The van der Waals surface area contributed by atoms with E-state index in [-0.39, 0.29) is 0 Å². The van der Waals surface area contributed by atoms with Gasteiger partial charge >= 0.3 is 6.09 Å². The number of aliphatic imine (C=N–C) groups is 1. The first-order valence-electron chi connectivity index (χ1n) is 7.16. The minimum Gasteiger partial charge on any atom is -0.408 e. The van der Waals surface area contributed by atoms with Crippen molar-refractivity contribution in [3.8, 4) is 0 Å². The number of rotatable bonds is 2. The molecule has 0 saturated heterocycles. The molecule has 4 nitrogen and oxygen atoms in total. The van der Waals surface area contributed by atoms with Crippen LogP contribution in [0.3, 0.4) is 0 Å². The smallest absolute Gasteiger partial charge is 0.408 e. The van der Waals surface area contributed by atoms with E-state index in [0.29, 0.717) is 17.2 Å². The first-order chi connectivity index (χ1) is 10.8. The predicted octanol–water partition coefficient (Wildman–Crippen LogP) is 4.36. The molecular formula is C18H16N2O2. The highest BCUT2D eigenvalue weighted by Gasteiger charge is 2.18. The lowest BCUT2D eigenvalue weighted by Gasteiger charge is -2.12. The molecule has 2 aliphatic rings. The first kappa shape index (κ1) is 14.1. The van der Waals surface area contributed by atoms with E-state index < -0.39 is 6.09 Å². The monoisotopic (exact) mass is 292 g/mol. The molecule has 1 aromatic carbocycles. The molecule has 1 heterocycles. The molecule has 0 bridgehead atoms. The van der Waals surface area contributed by atoms with Gasteiger partial charge in [0.15, 0.2) is 5.76 Å². The van der Waals surface area contributed by atoms with Crippen LogP contribution in [0.15, 0.2) is 83.2 Å². The highest BCUT2D eigenvalue weighted by atomic mass is 16.6. The molecule has 4 heteroatoms. The zero-order valence-electron chi connectivity index (χ0n) is 12.0. The van der Waals surface area contributed by atoms with Crippen LogP contribution in [0.5, 0.6) is 0 Å². The third-order valence-corrected chi connectivity index (χ3v) is 3.29. The number of allylic oxidation sites excluding steroid dienone is 6. The number of hydrogen-bond donors (Lipinski definition) is 1. The third kappa shape index (κ3) is 3.41. The Hall–Kier alpha value is -2.88. The van der Waals surface area contributed by atoms with Gasteiger partial charge in [0, 0.05) is 11.9 Å². The zero-order valence-corrected chi connectivity index (χ0v) is 12.0. The second-order valence-electron chi connectivity index (χ2n) is 4.87. The number of ether oxygens (including phenoxy) is 1. The summed E-state index contributed by atoms with van der Waals surface area (Å²) in [5, 5.41) is 2.70. The number of nitrogens with one attached hydrogen (secondary N) is 1. The van der Waals surface area contributed by atoms with Gasteiger partial charge in [0.05, 0.1) is 0 Å². The summed E-state index contributed by atoms with van der Waals surface area (Å²) in [4.78, 5) is 16.5. The normalized spacial score (nSPS) is 16.5. The molecule has 1 amide bonds. The van der Waals surface area contributed by atoms with Crippen LogP contribution in [0.4, 0.5) is 10.5 Å². The summed E-state index contributed by atoms with van der Waals surface area (Å²) >= 11 is 0. The number of anilines is 1. The van der Waals surface area contributed by atoms with Gasteiger partial charge in [0.2, 0.25) is 0 Å². The summed E-state index contributed by atoms with van der Waals surface area (Å²) in [6.45, 7) is 0. The summed E-state index contributed by atoms with van der Waals surface area (Å²) < 4.78 is 5.45. The molecule has 0 saturated carbocycles. The Labute approximate surface area is 129 Å². The molecule has 0 radical (unpaired) electrons. The number of nitrogens with zero attached hydrogens (tertiary/aromatic N) is 1. The van der Waals surface area contributed by atoms with Gasteiger partial charge in [-0.25, -0.2) is 4.79 Å². The minimum atomic E-state index is -0.525. The van der Waals surface area contributed by atoms with Crippen molar-refractivity contribution >= 4 is 17.5 Å². The highest BCUT2D eigenvalue weighted by molar-refractivity contribution is 6.13. The van der Waals surface area contributed by atoms with Gasteiger partial charge in [0.25, 0.3) is 0 Å². The lowest BCUT2D eigenvalue weighted by atomic mass is 10.1. The third-order valence-electron chi connectivity index (χ3n) is 3.29. The van der Waals surface area contributed by atoms with Gasteiger partial charge in [0.1, 0.15) is 5.71 Å². The van der Waals surface area contributed by atoms with Crippen molar-refractivity contribution in [1.82, 2.24) is 0 Å². The van der Waals surface area contributed by atoms with Crippen LogP contribution in [0.1, 0.15) is 12.8 Å². The molecule has 22 heavy (non-hydrogen) atoms. The average molecular weight is 292 g/mol. The Morgan fingerprint density at radius 3 is 2.91 bits per heavy atom. The second-order valence-corrected chi connectivity index (χ2v) is 4.87. The molecule has 0 atom stereocenters. The van der Waals surface area contributed by atoms with Crippen LogP contribution in [-0.4, -0.2) is 11.8 Å². The van der Waals surface area contributed by atoms with Gasteiger partial charge in [-0.3, -0.25) is 10.3 Å². The van der Waals surface area contributed by atoms with Gasteiger partial charge in [-0.15, -0.1) is 0 Å². The topological polar surface area (TPSA) is 50.7 Å². The Morgan fingerprint density at radius 1 is 1.18 bits per heavy atom. The molecule has 3 rings (SSSR count). The van der Waals surface area contributed by atoms with Gasteiger partial charge < -0.3 is 4.74 Å². The number of benzene rings is 1. The van der Waals surface area contributed by atoms with Crippen LogP contribution < -0.4 is 5.32 Å². The summed E-state index contributed by atoms with van der Waals surface area (Å²) in [6.07, 6.45) is 12.6. The molecular weight excluding hydrogens is 276 g/mol. The van der Waals surface area contributed by atoms with Crippen molar-refractivity contribution in [3.05, 3.63) is 78.2 Å². The van der Waals surface area contributed by atoms with E-state index in [0.717, 1.165) is 18.4 Å². The van der Waals surface area contributed by atoms with E-state index >= 15 is 0 Å². The molecule has 0 aromatic heterocycles. The minimum absolute atomic E-state index is 0.458. The van der Waals surface area contributed by atoms with Gasteiger partial charge in [-0.1, -0.05) is 42.5 Å². The van der Waals surface area contributed by atoms with Crippen molar-refractivity contribution < 1.29 is 9.53 Å². The Kier molecular flexibility index (Phi) is 4.30. The van der Waals surface area contributed by atoms with Gasteiger partial charge in [-0.2, -0.15) is 0 Å². The van der Waals surface area contributed by atoms with E-state index in [1.807, 2.05) is 36.4 Å². The SMILES string of the molecule is O=C(Nc1ccccc1)OC1=CC=CCC2=CCC=CN=C21. The Morgan fingerprint density at radius 2 is 2.05 bits per heavy atom. The fraction of sp³-hybridized carbons (Fsp3) is 0.111. The fourth-order valence-corrected chi connectivity index (χ4v) is 2.26. The maximum Gasteiger partial charge on any atom is 0.417 e. The largest absolute Gasteiger partial charge is 0.417 e. The number of fused-ring (bicyclic) bond motifs is 1. The maximum atomic E-state index is 12.1. The quantitative estimate of drug-likeness (QED) is 0.880. The van der Waals surface area contributed by atoms with E-state index in [2.05, 4.69) is 16.4 Å². The number of para-hydroxylation sites is 1. The van der Waals surface area contributed by atoms with Crippen LogP contribution >= 0.6 is 0 Å². The number of amides is 1. The maximum absolute atomic E-state index is 12.1. The lowest BCUT2D eigenvalue weighted by molar-refractivity contribution is 0.196.